The molecule has 2 aliphatic heterocycles. The molecule has 8 heteroatoms. The van der Waals surface area contributed by atoms with Gasteiger partial charge in [-0.15, -0.1) is 0 Å². The maximum absolute atomic E-state index is 13.6. The van der Waals surface area contributed by atoms with Crippen LogP contribution < -0.4 is 15.6 Å². The number of ether oxygens (including phenoxy) is 2. The number of aromatic nitrogens is 2. The van der Waals surface area contributed by atoms with Gasteiger partial charge in [0.25, 0.3) is 11.5 Å². The molecule has 2 saturated heterocycles. The van der Waals surface area contributed by atoms with Crippen molar-refractivity contribution in [2.75, 3.05) is 40.0 Å². The Morgan fingerprint density at radius 2 is 1.95 bits per heavy atom. The third-order valence-electron chi connectivity index (χ3n) is 8.49. The van der Waals surface area contributed by atoms with E-state index in [1.165, 1.54) is 7.11 Å². The van der Waals surface area contributed by atoms with Gasteiger partial charge >= 0.3 is 0 Å². The predicted octanol–water partition coefficient (Wildman–Crippen LogP) is 4.19. The molecule has 1 atom stereocenters. The van der Waals surface area contributed by atoms with E-state index in [1.54, 1.807) is 13.0 Å². The Kier molecular flexibility index (Phi) is 7.38. The Morgan fingerprint density at radius 1 is 1.24 bits per heavy atom. The number of benzene rings is 1. The van der Waals surface area contributed by atoms with E-state index in [9.17, 15) is 9.59 Å². The number of carbonyl (C=O) groups excluding carboxylic acids is 1. The average molecular weight is 521 g/mol. The molecule has 8 nitrogen and oxygen atoms in total. The lowest BCUT2D eigenvalue weighted by molar-refractivity contribution is -0.117. The van der Waals surface area contributed by atoms with Crippen molar-refractivity contribution in [3.8, 4) is 5.75 Å². The number of amides is 1. The SMILES string of the molecule is COc1cc(C)[nH]c(=O)c1CNC(=O)c1c(C)n(C(C)C2CCN(CC3(C)COC3)CC2)c2ccccc12. The number of aromatic amines is 1. The van der Waals surface area contributed by atoms with E-state index in [0.29, 0.717) is 33.9 Å². The van der Waals surface area contributed by atoms with Crippen LogP contribution >= 0.6 is 0 Å². The summed E-state index contributed by atoms with van der Waals surface area (Å²) in [5.74, 6) is 0.833. The molecule has 204 valence electrons. The molecule has 2 aromatic heterocycles. The van der Waals surface area contributed by atoms with E-state index < -0.39 is 0 Å². The van der Waals surface area contributed by atoms with Gasteiger partial charge in [0.2, 0.25) is 0 Å². The molecular formula is C30H40N4O4. The molecule has 3 aromatic rings. The minimum atomic E-state index is -0.250. The monoisotopic (exact) mass is 520 g/mol. The molecule has 0 radical (unpaired) electrons. The van der Waals surface area contributed by atoms with Gasteiger partial charge in [0.1, 0.15) is 5.75 Å². The Morgan fingerprint density at radius 3 is 2.61 bits per heavy atom. The first kappa shape index (κ1) is 26.5. The van der Waals surface area contributed by atoms with Crippen molar-refractivity contribution in [2.45, 2.75) is 53.1 Å². The minimum absolute atomic E-state index is 0.0918. The molecule has 0 aliphatic carbocycles. The maximum Gasteiger partial charge on any atom is 0.256 e. The lowest BCUT2D eigenvalue weighted by Crippen LogP contribution is -2.50. The van der Waals surface area contributed by atoms with Gasteiger partial charge in [-0.25, -0.2) is 0 Å². The summed E-state index contributed by atoms with van der Waals surface area (Å²) in [4.78, 5) is 31.5. The maximum atomic E-state index is 13.6. The second-order valence-electron chi connectivity index (χ2n) is 11.5. The molecule has 1 aromatic carbocycles. The summed E-state index contributed by atoms with van der Waals surface area (Å²) in [5, 5.41) is 3.92. The van der Waals surface area contributed by atoms with Crippen LogP contribution in [0.2, 0.25) is 0 Å². The van der Waals surface area contributed by atoms with Gasteiger partial charge in [-0.3, -0.25) is 9.59 Å². The van der Waals surface area contributed by atoms with Crippen LogP contribution in [0.25, 0.3) is 10.9 Å². The molecular weight excluding hydrogens is 480 g/mol. The molecule has 1 unspecified atom stereocenters. The highest BCUT2D eigenvalue weighted by molar-refractivity contribution is 6.08. The number of likely N-dealkylation sites (tertiary alicyclic amines) is 1. The fourth-order valence-corrected chi connectivity index (χ4v) is 6.38. The minimum Gasteiger partial charge on any atom is -0.496 e. The largest absolute Gasteiger partial charge is 0.496 e. The number of para-hydroxylation sites is 1. The number of nitrogens with zero attached hydrogens (tertiary/aromatic N) is 2. The number of nitrogens with one attached hydrogen (secondary N) is 2. The summed E-state index contributed by atoms with van der Waals surface area (Å²) in [5.41, 5.74) is 3.90. The summed E-state index contributed by atoms with van der Waals surface area (Å²) in [7, 11) is 1.53. The molecule has 1 amide bonds. The summed E-state index contributed by atoms with van der Waals surface area (Å²) >= 11 is 0. The standard InChI is InChI=1S/C30H40N4O4/c1-19-14-26(37-5)24(28(35)32-19)15-31-29(36)27-21(3)34(25-9-7-6-8-23(25)27)20(2)22-10-12-33(13-11-22)16-30(4)17-38-18-30/h6-9,14,20,22H,10-13,15-18H2,1-5H3,(H,31,36)(H,32,35). The third-order valence-corrected chi connectivity index (χ3v) is 8.49. The highest BCUT2D eigenvalue weighted by atomic mass is 16.5. The van der Waals surface area contributed by atoms with Crippen molar-refractivity contribution in [3.63, 3.8) is 0 Å². The highest BCUT2D eigenvalue weighted by Crippen LogP contribution is 2.37. The number of rotatable bonds is 8. The Balaban J connectivity index is 1.35. The van der Waals surface area contributed by atoms with E-state index >= 15 is 0 Å². The lowest BCUT2D eigenvalue weighted by atomic mass is 9.85. The fraction of sp³-hybridized carbons (Fsp3) is 0.533. The zero-order valence-corrected chi connectivity index (χ0v) is 23.2. The Bertz CT molecular complexity index is 1380. The quantitative estimate of drug-likeness (QED) is 0.465. The molecule has 5 rings (SSSR count). The van der Waals surface area contributed by atoms with Crippen LogP contribution in [0.1, 0.15) is 60.0 Å². The number of piperidine rings is 1. The number of carbonyl (C=O) groups is 1. The number of aryl methyl sites for hydroxylation is 1. The molecule has 0 saturated carbocycles. The van der Waals surface area contributed by atoms with Crippen LogP contribution in [0.15, 0.2) is 35.1 Å². The number of hydrogen-bond acceptors (Lipinski definition) is 5. The van der Waals surface area contributed by atoms with Gasteiger partial charge in [0.05, 0.1) is 38.0 Å². The predicted molar refractivity (Wildman–Crippen MR) is 149 cm³/mol. The van der Waals surface area contributed by atoms with Crippen molar-refractivity contribution in [2.24, 2.45) is 11.3 Å². The van der Waals surface area contributed by atoms with E-state index in [2.05, 4.69) is 39.7 Å². The van der Waals surface area contributed by atoms with Crippen LogP contribution in [-0.2, 0) is 11.3 Å². The van der Waals surface area contributed by atoms with E-state index in [1.807, 2.05) is 25.1 Å². The number of methoxy groups -OCH3 is 1. The van der Waals surface area contributed by atoms with Gasteiger partial charge in [-0.1, -0.05) is 25.1 Å². The third kappa shape index (κ3) is 4.99. The van der Waals surface area contributed by atoms with E-state index in [0.717, 1.165) is 62.3 Å². The second kappa shape index (κ2) is 10.6. The van der Waals surface area contributed by atoms with Crippen molar-refractivity contribution in [1.29, 1.82) is 0 Å². The van der Waals surface area contributed by atoms with Gasteiger partial charge in [-0.05, 0) is 64.8 Å². The van der Waals surface area contributed by atoms with E-state index in [4.69, 9.17) is 9.47 Å². The van der Waals surface area contributed by atoms with Gasteiger partial charge in [0, 0.05) is 40.3 Å². The van der Waals surface area contributed by atoms with Crippen molar-refractivity contribution < 1.29 is 14.3 Å². The summed E-state index contributed by atoms with van der Waals surface area (Å²) in [6.45, 7) is 13.6. The van der Waals surface area contributed by atoms with Crippen molar-refractivity contribution in [1.82, 2.24) is 19.8 Å². The molecule has 2 fully saturated rings. The van der Waals surface area contributed by atoms with E-state index in [-0.39, 0.29) is 24.1 Å². The van der Waals surface area contributed by atoms with Crippen molar-refractivity contribution in [3.05, 3.63) is 63.2 Å². The molecule has 2 aliphatic rings. The summed E-state index contributed by atoms with van der Waals surface area (Å²) in [6.07, 6.45) is 2.28. The van der Waals surface area contributed by atoms with Crippen LogP contribution in [-0.4, -0.2) is 60.3 Å². The number of H-pyrrole nitrogens is 1. The van der Waals surface area contributed by atoms with Gasteiger partial charge in [-0.2, -0.15) is 0 Å². The van der Waals surface area contributed by atoms with Crippen LogP contribution in [0, 0.1) is 25.2 Å². The molecule has 38 heavy (non-hydrogen) atoms. The van der Waals surface area contributed by atoms with Crippen LogP contribution in [0.5, 0.6) is 5.75 Å². The number of pyridine rings is 1. The first-order valence-corrected chi connectivity index (χ1v) is 13.7. The molecule has 2 N–H and O–H groups in total. The molecule has 4 heterocycles. The number of hydrogen-bond donors (Lipinski definition) is 2. The molecule has 0 bridgehead atoms. The molecule has 0 spiro atoms. The zero-order valence-electron chi connectivity index (χ0n) is 23.2. The summed E-state index contributed by atoms with van der Waals surface area (Å²) < 4.78 is 13.2. The smallest absolute Gasteiger partial charge is 0.256 e. The number of fused-ring (bicyclic) bond motifs is 1. The first-order chi connectivity index (χ1) is 18.2. The van der Waals surface area contributed by atoms with Gasteiger partial charge < -0.3 is 29.2 Å². The topological polar surface area (TPSA) is 88.6 Å². The zero-order chi connectivity index (χ0) is 27.0. The fourth-order valence-electron chi connectivity index (χ4n) is 6.38. The lowest BCUT2D eigenvalue weighted by Gasteiger charge is -2.44. The highest BCUT2D eigenvalue weighted by Gasteiger charge is 2.37. The normalized spacial score (nSPS) is 18.8. The summed E-state index contributed by atoms with van der Waals surface area (Å²) in [6, 6.07) is 10.2. The Labute approximate surface area is 224 Å². The van der Waals surface area contributed by atoms with Crippen LogP contribution in [0.4, 0.5) is 0 Å². The van der Waals surface area contributed by atoms with Crippen molar-refractivity contribution >= 4 is 16.8 Å². The van der Waals surface area contributed by atoms with Gasteiger partial charge in [0.15, 0.2) is 0 Å². The average Bonchev–Trinajstić information content (AvgIpc) is 3.18. The first-order valence-electron chi connectivity index (χ1n) is 13.7. The van der Waals surface area contributed by atoms with Crippen LogP contribution in [0.3, 0.4) is 0 Å². The second-order valence-corrected chi connectivity index (χ2v) is 11.5. The Hall–Kier alpha value is -3.10.